The Morgan fingerprint density at radius 3 is 2.39 bits per heavy atom. The van der Waals surface area contributed by atoms with Crippen LogP contribution in [0.2, 0.25) is 0 Å². The summed E-state index contributed by atoms with van der Waals surface area (Å²) >= 11 is 0. The lowest BCUT2D eigenvalue weighted by Gasteiger charge is -2.05. The van der Waals surface area contributed by atoms with Gasteiger partial charge < -0.3 is 15.5 Å². The summed E-state index contributed by atoms with van der Waals surface area (Å²) in [6.45, 7) is 0. The molecule has 0 unspecified atom stereocenters. The molecule has 3 N–H and O–H groups in total. The van der Waals surface area contributed by atoms with E-state index in [0.29, 0.717) is 0 Å². The van der Waals surface area contributed by atoms with E-state index in [0.717, 1.165) is 6.07 Å². The highest BCUT2D eigenvalue weighted by molar-refractivity contribution is 5.66. The Kier molecular flexibility index (Phi) is 2.92. The zero-order valence-electron chi connectivity index (χ0n) is 8.94. The molecule has 0 atom stereocenters. The highest BCUT2D eigenvalue weighted by Crippen LogP contribution is 2.26. The molecule has 0 saturated carbocycles. The summed E-state index contributed by atoms with van der Waals surface area (Å²) in [5.74, 6) is -1.02. The van der Waals surface area contributed by atoms with Gasteiger partial charge in [0.25, 0.3) is 5.69 Å². The molecule has 1 heterocycles. The Balaban J connectivity index is 2.37. The smallest absolute Gasteiger partial charge is 0.292 e. The van der Waals surface area contributed by atoms with Gasteiger partial charge in [-0.15, -0.1) is 0 Å². The van der Waals surface area contributed by atoms with Crippen LogP contribution in [-0.4, -0.2) is 25.1 Å². The molecular weight excluding hydrogens is 240 g/mol. The predicted molar refractivity (Wildman–Crippen MR) is 61.7 cm³/mol. The van der Waals surface area contributed by atoms with E-state index in [4.69, 9.17) is 10.2 Å². The fourth-order valence-electron chi connectivity index (χ4n) is 1.34. The third-order valence-electron chi connectivity index (χ3n) is 2.05. The van der Waals surface area contributed by atoms with Gasteiger partial charge in [0.05, 0.1) is 11.0 Å². The van der Waals surface area contributed by atoms with E-state index in [2.05, 4.69) is 15.3 Å². The molecule has 1 aromatic heterocycles. The third kappa shape index (κ3) is 2.43. The molecule has 2 rings (SSSR count). The number of aromatic hydroxyl groups is 2. The van der Waals surface area contributed by atoms with Crippen molar-refractivity contribution >= 4 is 17.3 Å². The number of aromatic nitrogens is 2. The normalized spacial score (nSPS) is 10.0. The van der Waals surface area contributed by atoms with Gasteiger partial charge in [-0.3, -0.25) is 10.1 Å². The van der Waals surface area contributed by atoms with E-state index < -0.39 is 16.7 Å². The number of anilines is 2. The summed E-state index contributed by atoms with van der Waals surface area (Å²) < 4.78 is 0. The first-order chi connectivity index (χ1) is 8.56. The first-order valence-corrected chi connectivity index (χ1v) is 4.84. The maximum absolute atomic E-state index is 10.8. The summed E-state index contributed by atoms with van der Waals surface area (Å²) in [5.41, 5.74) is -0.00330. The van der Waals surface area contributed by atoms with E-state index >= 15 is 0 Å². The van der Waals surface area contributed by atoms with Crippen molar-refractivity contribution in [1.29, 1.82) is 0 Å². The first-order valence-electron chi connectivity index (χ1n) is 4.84. The van der Waals surface area contributed by atoms with Crippen LogP contribution in [0.15, 0.2) is 30.3 Å². The number of hydrogen-bond acceptors (Lipinski definition) is 7. The molecule has 8 nitrogen and oxygen atoms in total. The highest BCUT2D eigenvalue weighted by Gasteiger charge is 2.13. The Morgan fingerprint density at radius 1 is 1.17 bits per heavy atom. The molecule has 0 fully saturated rings. The fraction of sp³-hybridized carbons (Fsp3) is 0. The van der Waals surface area contributed by atoms with E-state index in [1.807, 2.05) is 0 Å². The van der Waals surface area contributed by atoms with E-state index in [1.165, 1.54) is 18.2 Å². The largest absolute Gasteiger partial charge is 0.493 e. The molecule has 0 aliphatic heterocycles. The summed E-state index contributed by atoms with van der Waals surface area (Å²) in [6, 6.07) is 6.83. The number of para-hydroxylation sites is 2. The average Bonchev–Trinajstić information content (AvgIpc) is 2.27. The maximum atomic E-state index is 10.8. The van der Waals surface area contributed by atoms with Crippen LogP contribution in [0.5, 0.6) is 11.8 Å². The molecule has 0 aliphatic carbocycles. The Bertz CT molecular complexity index is 582. The summed E-state index contributed by atoms with van der Waals surface area (Å²) in [4.78, 5) is 17.4. The molecule has 0 spiro atoms. The summed E-state index contributed by atoms with van der Waals surface area (Å²) in [7, 11) is 0. The van der Waals surface area contributed by atoms with Gasteiger partial charge in [0.1, 0.15) is 5.69 Å². The molecule has 1 aromatic carbocycles. The van der Waals surface area contributed by atoms with Crippen LogP contribution in [-0.2, 0) is 0 Å². The second kappa shape index (κ2) is 4.53. The average molecular weight is 248 g/mol. The summed E-state index contributed by atoms with van der Waals surface area (Å²) in [6.07, 6.45) is 0. The van der Waals surface area contributed by atoms with Gasteiger partial charge in [0.15, 0.2) is 0 Å². The Hall–Kier alpha value is -2.90. The van der Waals surface area contributed by atoms with Crippen molar-refractivity contribution in [1.82, 2.24) is 9.97 Å². The lowest BCUT2D eigenvalue weighted by atomic mass is 10.3. The van der Waals surface area contributed by atoms with Crippen LogP contribution in [0, 0.1) is 10.1 Å². The van der Waals surface area contributed by atoms with E-state index in [1.54, 1.807) is 6.07 Å². The topological polar surface area (TPSA) is 121 Å². The van der Waals surface area contributed by atoms with Gasteiger partial charge in [-0.25, -0.2) is 0 Å². The highest BCUT2D eigenvalue weighted by atomic mass is 16.6. The number of nitrogens with one attached hydrogen (secondary N) is 1. The van der Waals surface area contributed by atoms with Gasteiger partial charge in [-0.1, -0.05) is 12.1 Å². The third-order valence-corrected chi connectivity index (χ3v) is 2.05. The van der Waals surface area contributed by atoms with Crippen molar-refractivity contribution in [3.8, 4) is 11.8 Å². The van der Waals surface area contributed by atoms with E-state index in [-0.39, 0.29) is 17.3 Å². The van der Waals surface area contributed by atoms with Crippen molar-refractivity contribution in [2.45, 2.75) is 0 Å². The van der Waals surface area contributed by atoms with Gasteiger partial charge in [0, 0.05) is 6.07 Å². The number of benzene rings is 1. The number of nitro benzene ring substituents is 1. The van der Waals surface area contributed by atoms with Crippen molar-refractivity contribution in [2.24, 2.45) is 0 Å². The van der Waals surface area contributed by atoms with Crippen LogP contribution >= 0.6 is 0 Å². The number of rotatable bonds is 3. The SMILES string of the molecule is O=[N+]([O-])c1ccccc1Nc1nc(O)cc(O)n1. The molecule has 92 valence electrons. The van der Waals surface area contributed by atoms with Gasteiger partial charge >= 0.3 is 0 Å². The lowest BCUT2D eigenvalue weighted by Crippen LogP contribution is -2.00. The number of nitro groups is 1. The number of nitrogens with zero attached hydrogens (tertiary/aromatic N) is 3. The number of hydrogen-bond donors (Lipinski definition) is 3. The van der Waals surface area contributed by atoms with Gasteiger partial charge in [-0.05, 0) is 6.07 Å². The maximum Gasteiger partial charge on any atom is 0.292 e. The standard InChI is InChI=1S/C10H8N4O4/c15-8-5-9(16)13-10(12-8)11-6-3-1-2-4-7(6)14(17)18/h1-5H,(H3,11,12,13,15,16). The van der Waals surface area contributed by atoms with Gasteiger partial charge in [-0.2, -0.15) is 9.97 Å². The van der Waals surface area contributed by atoms with Crippen molar-refractivity contribution < 1.29 is 15.1 Å². The van der Waals surface area contributed by atoms with Crippen LogP contribution in [0.1, 0.15) is 0 Å². The quantitative estimate of drug-likeness (QED) is 0.556. The predicted octanol–water partition coefficient (Wildman–Crippen LogP) is 1.54. The second-order valence-electron chi connectivity index (χ2n) is 3.31. The fourth-order valence-corrected chi connectivity index (χ4v) is 1.34. The second-order valence-corrected chi connectivity index (χ2v) is 3.31. The Labute approximate surface area is 101 Å². The minimum atomic E-state index is -0.564. The molecule has 2 aromatic rings. The molecule has 18 heavy (non-hydrogen) atoms. The van der Waals surface area contributed by atoms with Crippen LogP contribution < -0.4 is 5.32 Å². The van der Waals surface area contributed by atoms with Crippen LogP contribution in [0.4, 0.5) is 17.3 Å². The zero-order chi connectivity index (χ0) is 13.1. The molecule has 8 heteroatoms. The first kappa shape index (κ1) is 11.6. The molecule has 0 aliphatic rings. The van der Waals surface area contributed by atoms with E-state index in [9.17, 15) is 10.1 Å². The molecule has 0 bridgehead atoms. The van der Waals surface area contributed by atoms with Gasteiger partial charge in [0.2, 0.25) is 17.7 Å². The van der Waals surface area contributed by atoms with Crippen molar-refractivity contribution in [2.75, 3.05) is 5.32 Å². The molecular formula is C10H8N4O4. The van der Waals surface area contributed by atoms with Crippen molar-refractivity contribution in [3.63, 3.8) is 0 Å². The zero-order valence-corrected chi connectivity index (χ0v) is 8.94. The molecule has 0 saturated heterocycles. The molecule has 0 radical (unpaired) electrons. The monoisotopic (exact) mass is 248 g/mol. The minimum Gasteiger partial charge on any atom is -0.493 e. The van der Waals surface area contributed by atoms with Crippen LogP contribution in [0.25, 0.3) is 0 Å². The minimum absolute atomic E-state index is 0.137. The summed E-state index contributed by atoms with van der Waals surface area (Å²) in [5, 5.41) is 31.7. The Morgan fingerprint density at radius 2 is 1.78 bits per heavy atom. The lowest BCUT2D eigenvalue weighted by molar-refractivity contribution is -0.383. The van der Waals surface area contributed by atoms with Crippen LogP contribution in [0.3, 0.4) is 0 Å². The van der Waals surface area contributed by atoms with Crippen molar-refractivity contribution in [3.05, 3.63) is 40.4 Å². The molecule has 0 amide bonds.